The molecule has 0 aliphatic carbocycles. The molecule has 0 unspecified atom stereocenters. The number of nitrogens with zero attached hydrogens (tertiary/aromatic N) is 6. The molecule has 2 heterocycles. The highest BCUT2D eigenvalue weighted by Crippen LogP contribution is 2.26. The number of hydrogen-bond donors (Lipinski definition) is 9. The van der Waals surface area contributed by atoms with Crippen molar-refractivity contribution in [3.8, 4) is 6.01 Å². The predicted octanol–water partition coefficient (Wildman–Crippen LogP) is 7.22. The number of nitrogens with one attached hydrogen (secondary N) is 7. The highest BCUT2D eigenvalue weighted by molar-refractivity contribution is 7.99. The molecule has 27 nitrogen and oxygen atoms in total. The minimum atomic E-state index is -1.09. The van der Waals surface area contributed by atoms with Gasteiger partial charge in [-0.05, 0) is 171 Å². The van der Waals surface area contributed by atoms with Crippen LogP contribution in [0.5, 0.6) is 6.01 Å². The first-order chi connectivity index (χ1) is 41.7. The van der Waals surface area contributed by atoms with Gasteiger partial charge in [-0.2, -0.15) is 26.7 Å². The Balaban J connectivity index is 1.64. The number of ether oxygens (including phenoxy) is 4. The fourth-order valence-corrected chi connectivity index (χ4v) is 9.03. The van der Waals surface area contributed by atoms with E-state index in [9.17, 15) is 43.5 Å². The molecule has 10 N–H and O–H groups in total. The fourth-order valence-electron chi connectivity index (χ4n) is 8.25. The van der Waals surface area contributed by atoms with Crippen molar-refractivity contribution in [3.63, 3.8) is 0 Å². The number of fused-ring (bicyclic) bond motifs is 1. The van der Waals surface area contributed by atoms with Gasteiger partial charge in [-0.15, -0.1) is 0 Å². The maximum atomic E-state index is 14.0. The molecule has 3 rings (SSSR count). The molecule has 0 aliphatic heterocycles. The van der Waals surface area contributed by atoms with E-state index < -0.39 is 82.5 Å². The summed E-state index contributed by atoms with van der Waals surface area (Å²) < 4.78 is 23.6. The summed E-state index contributed by atoms with van der Waals surface area (Å²) in [5, 5.41) is 30.2. The number of anilines is 2. The molecule has 0 fully saturated rings. The van der Waals surface area contributed by atoms with Crippen LogP contribution in [0.25, 0.3) is 11.2 Å². The summed E-state index contributed by atoms with van der Waals surface area (Å²) in [7, 11) is 0. The van der Waals surface area contributed by atoms with Crippen molar-refractivity contribution in [2.45, 2.75) is 189 Å². The molecule has 498 valence electrons. The molecule has 0 aliphatic rings. The number of imidazole rings is 1. The molecule has 0 saturated heterocycles. The third-order valence-electron chi connectivity index (χ3n) is 12.4. The number of carbonyl (C=O) groups is 8. The van der Waals surface area contributed by atoms with Crippen LogP contribution in [0, 0.1) is 13.3 Å². The lowest BCUT2D eigenvalue weighted by Gasteiger charge is -2.29. The highest BCUT2D eigenvalue weighted by atomic mass is 32.2. The smallest absolute Gasteiger partial charge is 0.410 e. The van der Waals surface area contributed by atoms with Gasteiger partial charge in [-0.1, -0.05) is 25.5 Å². The monoisotopic (exact) mass is 1270 g/mol. The molecular weight excluding hydrogens is 1170 g/mol. The van der Waals surface area contributed by atoms with E-state index in [1.54, 1.807) is 124 Å². The van der Waals surface area contributed by atoms with Crippen LogP contribution >= 0.6 is 11.8 Å². The van der Waals surface area contributed by atoms with Crippen LogP contribution in [0.1, 0.15) is 164 Å². The van der Waals surface area contributed by atoms with Crippen molar-refractivity contribution < 1.29 is 62.4 Å². The zero-order chi connectivity index (χ0) is 66.5. The fraction of sp³-hybridized carbons (Fsp3) is 0.656. The highest BCUT2D eigenvalue weighted by Gasteiger charge is 2.30. The molecule has 1 aromatic carbocycles. The van der Waals surface area contributed by atoms with E-state index in [2.05, 4.69) is 66.0 Å². The molecule has 0 spiro atoms. The predicted molar refractivity (Wildman–Crippen MR) is 343 cm³/mol. The lowest BCUT2D eigenvalue weighted by molar-refractivity contribution is -0.130. The van der Waals surface area contributed by atoms with Crippen LogP contribution < -0.4 is 43.0 Å². The number of nitrogen functional groups attached to an aromatic ring is 1. The van der Waals surface area contributed by atoms with Crippen molar-refractivity contribution in [3.05, 3.63) is 48.7 Å². The van der Waals surface area contributed by atoms with E-state index in [0.717, 1.165) is 18.4 Å². The zero-order valence-corrected chi connectivity index (χ0v) is 55.4. The van der Waals surface area contributed by atoms with Gasteiger partial charge in [0.15, 0.2) is 17.0 Å². The first kappa shape index (κ1) is 75.7. The van der Waals surface area contributed by atoms with Crippen molar-refractivity contribution in [1.29, 1.82) is 0 Å². The standard InChI is InChI=1S/C61H100N14O13S/c1-15-17-29-65-52-71-47(62)46-48(72-52)75(53(80)70-46)39-41-25-27-42(28-26-41)49(77)67-38-45(76)63-30-19-18-24-43(68-51(79)44(40-89-37-16-2)69-55(82)86-59(6,7)8)50(78)64-31-22-35-73(56(83)87-60(9,10)11)33-20-21-34-74(57(84)88-61(12,13)14)36-23-32-66-54(81)85-58(3,4)5/h16,25-28,43-44H,2,15,17-24,29-40H2,1,3-14H3,(H,63,76)(H,64,78)(H,66,81)(H,67,77)(H,68,79)(H,69,82)(H,70,80)(H3,62,65,71,72)/t43-,44-/m0/s1. The molecule has 28 heteroatoms. The van der Waals surface area contributed by atoms with E-state index in [1.807, 2.05) is 0 Å². The van der Waals surface area contributed by atoms with Crippen LogP contribution in [0.2, 0.25) is 0 Å². The molecular formula is C61H100N14O13S. The van der Waals surface area contributed by atoms with E-state index in [-0.39, 0.29) is 75.3 Å². The lowest BCUT2D eigenvalue weighted by atomic mass is 10.1. The van der Waals surface area contributed by atoms with Gasteiger partial charge in [0.05, 0.1) is 13.1 Å². The number of aromatic nitrogens is 4. The Labute approximate surface area is 529 Å². The quantitative estimate of drug-likeness (QED) is 0.0207. The average molecular weight is 1270 g/mol. The van der Waals surface area contributed by atoms with Gasteiger partial charge < -0.3 is 76.8 Å². The third kappa shape index (κ3) is 31.0. The number of rotatable bonds is 35. The average Bonchev–Trinajstić information content (AvgIpc) is 1.72. The maximum absolute atomic E-state index is 14.0. The number of aromatic hydroxyl groups is 1. The number of unbranched alkanes of at least 4 members (excludes halogenated alkanes) is 3. The van der Waals surface area contributed by atoms with Gasteiger partial charge in [-0.25, -0.2) is 19.2 Å². The van der Waals surface area contributed by atoms with Crippen LogP contribution in [-0.4, -0.2) is 187 Å². The number of thioether (sulfide) groups is 1. The summed E-state index contributed by atoms with van der Waals surface area (Å²) >= 11 is 1.35. The molecule has 2 radical (unpaired) electrons. The van der Waals surface area contributed by atoms with Crippen LogP contribution in [-0.2, 0) is 39.9 Å². The zero-order valence-electron chi connectivity index (χ0n) is 54.6. The van der Waals surface area contributed by atoms with Gasteiger partial charge >= 0.3 is 24.4 Å². The first-order valence-corrected chi connectivity index (χ1v) is 31.6. The second-order valence-corrected chi connectivity index (χ2v) is 26.3. The Hall–Kier alpha value is -7.52. The summed E-state index contributed by atoms with van der Waals surface area (Å²) in [6, 6.07) is 4.13. The van der Waals surface area contributed by atoms with E-state index >= 15 is 0 Å². The summed E-state index contributed by atoms with van der Waals surface area (Å²) in [6.07, 6.45) is 3.71. The Kier molecular flexibility index (Phi) is 31.3. The molecule has 2 aromatic heterocycles. The number of benzene rings is 1. The topological polar surface area (TPSA) is 354 Å². The molecule has 89 heavy (non-hydrogen) atoms. The van der Waals surface area contributed by atoms with Crippen LogP contribution in [0.4, 0.5) is 30.9 Å². The number of amides is 8. The first-order valence-electron chi connectivity index (χ1n) is 30.5. The van der Waals surface area contributed by atoms with Gasteiger partial charge in [-0.3, -0.25) is 23.7 Å². The van der Waals surface area contributed by atoms with Gasteiger partial charge in [0.1, 0.15) is 34.5 Å². The van der Waals surface area contributed by atoms with E-state index in [4.69, 9.17) is 24.7 Å². The Morgan fingerprint density at radius 1 is 0.640 bits per heavy atom. The van der Waals surface area contributed by atoms with E-state index in [1.165, 1.54) is 16.3 Å². The van der Waals surface area contributed by atoms with Gasteiger partial charge in [0.2, 0.25) is 23.7 Å². The minimum absolute atomic E-state index is 0.103. The van der Waals surface area contributed by atoms with Crippen molar-refractivity contribution in [2.75, 3.05) is 81.5 Å². The second kappa shape index (κ2) is 36.8. The van der Waals surface area contributed by atoms with Crippen molar-refractivity contribution in [2.24, 2.45) is 0 Å². The van der Waals surface area contributed by atoms with Gasteiger partial charge in [0, 0.05) is 63.7 Å². The molecule has 3 aromatic rings. The molecule has 0 bridgehead atoms. The number of hydrogen-bond acceptors (Lipinski definition) is 19. The Morgan fingerprint density at radius 2 is 1.19 bits per heavy atom. The van der Waals surface area contributed by atoms with E-state index in [0.29, 0.717) is 81.1 Å². The SMILES string of the molecule is [CH2][CH]CSC[C@H](NC(=O)OC(C)(C)C)C(=O)N[C@@H](CCCCNC(=O)CNC(=O)c1ccc(Cn2c(O)nc3c(N)nc(NCCCC)nc32)cc1)C(=O)NCCCN(CCCCN(CCCNC(=O)OC(C)(C)C)C(=O)OC(C)(C)C)C(=O)OC(C)(C)C. The number of carbonyl (C=O) groups excluding carboxylic acids is 8. The Morgan fingerprint density at radius 3 is 1.75 bits per heavy atom. The Bertz CT molecular complexity index is 2760. The third-order valence-corrected chi connectivity index (χ3v) is 13.4. The summed E-state index contributed by atoms with van der Waals surface area (Å²) in [5.74, 6) is -1.02. The lowest BCUT2D eigenvalue weighted by Crippen LogP contribution is -2.55. The molecule has 2 atom stereocenters. The second-order valence-electron chi connectivity index (χ2n) is 25.3. The summed E-state index contributed by atoms with van der Waals surface area (Å²) in [5.41, 5.74) is 4.69. The van der Waals surface area contributed by atoms with Crippen LogP contribution in [0.15, 0.2) is 24.3 Å². The number of nitrogens with two attached hydrogens (primary N) is 1. The van der Waals surface area contributed by atoms with Crippen molar-refractivity contribution >= 4 is 82.7 Å². The summed E-state index contributed by atoms with van der Waals surface area (Å²) in [4.78, 5) is 122. The normalized spacial score (nSPS) is 12.4. The maximum Gasteiger partial charge on any atom is 0.410 e. The molecule has 8 amide bonds. The molecule has 0 saturated carbocycles. The van der Waals surface area contributed by atoms with Crippen molar-refractivity contribution in [1.82, 2.24) is 61.2 Å². The van der Waals surface area contributed by atoms with Gasteiger partial charge in [0.25, 0.3) is 11.9 Å². The largest absolute Gasteiger partial charge is 0.480 e. The number of alkyl carbamates (subject to hydrolysis) is 2. The summed E-state index contributed by atoms with van der Waals surface area (Å²) in [6.45, 7) is 28.9. The van der Waals surface area contributed by atoms with Crippen LogP contribution in [0.3, 0.4) is 0 Å². The minimum Gasteiger partial charge on any atom is -0.480 e.